The average Bonchev–Trinajstić information content (AvgIpc) is 2.52. The minimum Gasteiger partial charge on any atom is -0.351 e. The quantitative estimate of drug-likeness (QED) is 0.747. The molecular weight excluding hydrogens is 262 g/mol. The van der Waals surface area contributed by atoms with Crippen LogP contribution in [0.15, 0.2) is 42.5 Å². The van der Waals surface area contributed by atoms with Crippen molar-refractivity contribution in [3.63, 3.8) is 0 Å². The highest BCUT2D eigenvalue weighted by molar-refractivity contribution is 5.83. The summed E-state index contributed by atoms with van der Waals surface area (Å²) in [6.45, 7) is 8.24. The summed E-state index contributed by atoms with van der Waals surface area (Å²) in [5.74, 6) is 0. The van der Waals surface area contributed by atoms with Crippen molar-refractivity contribution in [1.82, 2.24) is 5.32 Å². The Hall–Kier alpha value is -1.42. The highest BCUT2D eigenvalue weighted by Gasteiger charge is 2.23. The summed E-state index contributed by atoms with van der Waals surface area (Å²) in [4.78, 5) is 0. The normalized spacial score (nSPS) is 13.0. The molecule has 0 heterocycles. The molecule has 2 aromatic rings. The topological polar surface area (TPSA) is 30.5 Å². The number of benzene rings is 2. The van der Waals surface area contributed by atoms with E-state index in [0.717, 1.165) is 6.54 Å². The van der Waals surface area contributed by atoms with Gasteiger partial charge in [0.1, 0.15) is 0 Å². The van der Waals surface area contributed by atoms with Crippen LogP contribution in [0.5, 0.6) is 0 Å². The minimum absolute atomic E-state index is 0.0412. The molecular formula is C18H25NO2. The maximum atomic E-state index is 5.78. The third-order valence-corrected chi connectivity index (χ3v) is 3.49. The van der Waals surface area contributed by atoms with Gasteiger partial charge in [-0.1, -0.05) is 43.3 Å². The number of nitrogens with one attached hydrogen (secondary N) is 1. The van der Waals surface area contributed by atoms with Gasteiger partial charge >= 0.3 is 0 Å². The number of likely N-dealkylation sites (N-methyl/N-ethyl adjacent to an activating group) is 1. The predicted octanol–water partition coefficient (Wildman–Crippen LogP) is 3.89. The molecule has 1 atom stereocenters. The highest BCUT2D eigenvalue weighted by Crippen LogP contribution is 2.24. The van der Waals surface area contributed by atoms with Crippen LogP contribution in [-0.2, 0) is 9.47 Å². The minimum atomic E-state index is -0.263. The van der Waals surface area contributed by atoms with E-state index in [2.05, 4.69) is 54.7 Å². The summed E-state index contributed by atoms with van der Waals surface area (Å²) in [6.07, 6.45) is -0.263. The number of rotatable bonds is 8. The van der Waals surface area contributed by atoms with Crippen LogP contribution in [0.1, 0.15) is 32.4 Å². The van der Waals surface area contributed by atoms with Crippen LogP contribution in [0.25, 0.3) is 10.8 Å². The number of hydrogen-bond donors (Lipinski definition) is 1. The van der Waals surface area contributed by atoms with Gasteiger partial charge in [-0.15, -0.1) is 0 Å². The summed E-state index contributed by atoms with van der Waals surface area (Å²) >= 11 is 0. The van der Waals surface area contributed by atoms with E-state index >= 15 is 0 Å². The molecule has 0 saturated carbocycles. The average molecular weight is 287 g/mol. The van der Waals surface area contributed by atoms with Crippen LogP contribution in [0.3, 0.4) is 0 Å². The second-order valence-corrected chi connectivity index (χ2v) is 4.92. The molecule has 0 aliphatic rings. The highest BCUT2D eigenvalue weighted by atomic mass is 16.7. The van der Waals surface area contributed by atoms with Gasteiger partial charge in [0, 0.05) is 13.2 Å². The maximum Gasteiger partial charge on any atom is 0.176 e. The van der Waals surface area contributed by atoms with E-state index in [1.165, 1.54) is 16.3 Å². The zero-order valence-corrected chi connectivity index (χ0v) is 13.1. The third kappa shape index (κ3) is 4.03. The zero-order valence-electron chi connectivity index (χ0n) is 13.1. The van der Waals surface area contributed by atoms with Crippen molar-refractivity contribution in [3.05, 3.63) is 48.0 Å². The Kier molecular flexibility index (Phi) is 6.18. The standard InChI is InChI=1S/C18H25NO2/c1-4-19-17(18(20-5-2)21-6-3)16-12-11-14-9-7-8-10-15(14)13-16/h7-13,17-19H,4-6H2,1-3H3. The molecule has 0 aliphatic carbocycles. The molecule has 0 fully saturated rings. The molecule has 0 radical (unpaired) electrons. The van der Waals surface area contributed by atoms with Crippen molar-refractivity contribution in [2.45, 2.75) is 33.1 Å². The lowest BCUT2D eigenvalue weighted by Gasteiger charge is -2.28. The Morgan fingerprint density at radius 3 is 2.19 bits per heavy atom. The first kappa shape index (κ1) is 16.0. The summed E-state index contributed by atoms with van der Waals surface area (Å²) in [7, 11) is 0. The summed E-state index contributed by atoms with van der Waals surface area (Å²) in [5, 5.41) is 5.97. The second kappa shape index (κ2) is 8.13. The SMILES string of the molecule is CCNC(c1ccc2ccccc2c1)C(OCC)OCC. The first-order chi connectivity index (χ1) is 10.3. The number of ether oxygens (including phenoxy) is 2. The van der Waals surface area contributed by atoms with Crippen molar-refractivity contribution in [3.8, 4) is 0 Å². The van der Waals surface area contributed by atoms with Crippen LogP contribution >= 0.6 is 0 Å². The molecule has 0 aromatic heterocycles. The molecule has 1 N–H and O–H groups in total. The Bertz CT molecular complexity index is 550. The van der Waals surface area contributed by atoms with Gasteiger partial charge in [-0.05, 0) is 42.8 Å². The molecule has 2 aromatic carbocycles. The second-order valence-electron chi connectivity index (χ2n) is 4.92. The van der Waals surface area contributed by atoms with Gasteiger partial charge in [0.25, 0.3) is 0 Å². The fourth-order valence-corrected chi connectivity index (χ4v) is 2.56. The molecule has 114 valence electrons. The van der Waals surface area contributed by atoms with E-state index in [1.807, 2.05) is 13.8 Å². The smallest absolute Gasteiger partial charge is 0.176 e. The van der Waals surface area contributed by atoms with Crippen molar-refractivity contribution in [2.75, 3.05) is 19.8 Å². The van der Waals surface area contributed by atoms with Gasteiger partial charge in [-0.3, -0.25) is 0 Å². The number of hydrogen-bond acceptors (Lipinski definition) is 3. The number of fused-ring (bicyclic) bond motifs is 1. The maximum absolute atomic E-state index is 5.78. The molecule has 2 rings (SSSR count). The summed E-state index contributed by atoms with van der Waals surface area (Å²) in [6, 6.07) is 15.0. The molecule has 0 amide bonds. The largest absolute Gasteiger partial charge is 0.351 e. The Morgan fingerprint density at radius 2 is 1.57 bits per heavy atom. The predicted molar refractivity (Wildman–Crippen MR) is 87.4 cm³/mol. The van der Waals surface area contributed by atoms with Crippen LogP contribution in [0, 0.1) is 0 Å². The van der Waals surface area contributed by atoms with E-state index in [1.54, 1.807) is 0 Å². The zero-order chi connectivity index (χ0) is 15.1. The molecule has 0 bridgehead atoms. The van der Waals surface area contributed by atoms with Crippen LogP contribution < -0.4 is 5.32 Å². The van der Waals surface area contributed by atoms with Gasteiger partial charge < -0.3 is 14.8 Å². The van der Waals surface area contributed by atoms with Crippen molar-refractivity contribution >= 4 is 10.8 Å². The lowest BCUT2D eigenvalue weighted by atomic mass is 10.0. The lowest BCUT2D eigenvalue weighted by molar-refractivity contribution is -0.155. The van der Waals surface area contributed by atoms with Crippen molar-refractivity contribution < 1.29 is 9.47 Å². The molecule has 1 unspecified atom stereocenters. The first-order valence-corrected chi connectivity index (χ1v) is 7.75. The van der Waals surface area contributed by atoms with Gasteiger partial charge in [0.2, 0.25) is 0 Å². The molecule has 3 nitrogen and oxygen atoms in total. The van der Waals surface area contributed by atoms with E-state index in [0.29, 0.717) is 13.2 Å². The Balaban J connectivity index is 2.33. The Morgan fingerprint density at radius 1 is 0.905 bits per heavy atom. The molecule has 0 spiro atoms. The van der Waals surface area contributed by atoms with Crippen molar-refractivity contribution in [2.24, 2.45) is 0 Å². The Labute approximate surface area is 127 Å². The molecule has 21 heavy (non-hydrogen) atoms. The first-order valence-electron chi connectivity index (χ1n) is 7.75. The van der Waals surface area contributed by atoms with Gasteiger partial charge in [-0.25, -0.2) is 0 Å². The van der Waals surface area contributed by atoms with Gasteiger partial charge in [0.05, 0.1) is 6.04 Å². The molecule has 0 aliphatic heterocycles. The van der Waals surface area contributed by atoms with E-state index in [4.69, 9.17) is 9.47 Å². The third-order valence-electron chi connectivity index (χ3n) is 3.49. The van der Waals surface area contributed by atoms with Gasteiger partial charge in [0.15, 0.2) is 6.29 Å². The van der Waals surface area contributed by atoms with E-state index in [9.17, 15) is 0 Å². The van der Waals surface area contributed by atoms with Crippen LogP contribution in [-0.4, -0.2) is 26.0 Å². The van der Waals surface area contributed by atoms with Crippen LogP contribution in [0.4, 0.5) is 0 Å². The fraction of sp³-hybridized carbons (Fsp3) is 0.444. The fourth-order valence-electron chi connectivity index (χ4n) is 2.56. The molecule has 0 saturated heterocycles. The van der Waals surface area contributed by atoms with Crippen molar-refractivity contribution in [1.29, 1.82) is 0 Å². The van der Waals surface area contributed by atoms with Gasteiger partial charge in [-0.2, -0.15) is 0 Å². The lowest BCUT2D eigenvalue weighted by Crippen LogP contribution is -2.36. The monoisotopic (exact) mass is 287 g/mol. The van der Waals surface area contributed by atoms with E-state index in [-0.39, 0.29) is 12.3 Å². The summed E-state index contributed by atoms with van der Waals surface area (Å²) in [5.41, 5.74) is 1.20. The summed E-state index contributed by atoms with van der Waals surface area (Å²) < 4.78 is 11.6. The van der Waals surface area contributed by atoms with Crippen LogP contribution in [0.2, 0.25) is 0 Å². The van der Waals surface area contributed by atoms with E-state index < -0.39 is 0 Å². The molecule has 3 heteroatoms.